The number of anilines is 1. The second-order valence-corrected chi connectivity index (χ2v) is 9.21. The zero-order valence-corrected chi connectivity index (χ0v) is 16.8. The van der Waals surface area contributed by atoms with Crippen LogP contribution in [0.1, 0.15) is 46.4 Å². The third-order valence-corrected chi connectivity index (χ3v) is 7.33. The molecule has 4 heterocycles. The Morgan fingerprint density at radius 1 is 1.29 bits per heavy atom. The summed E-state index contributed by atoms with van der Waals surface area (Å²) in [6.45, 7) is 1.20. The maximum absolute atomic E-state index is 12.5. The van der Waals surface area contributed by atoms with Crippen LogP contribution in [0, 0.1) is 5.92 Å². The molecule has 1 saturated carbocycles. The molecule has 3 aliphatic rings. The van der Waals surface area contributed by atoms with Crippen LogP contribution >= 0.6 is 23.1 Å². The number of amides is 1. The summed E-state index contributed by atoms with van der Waals surface area (Å²) in [5.41, 5.74) is 6.71. The van der Waals surface area contributed by atoms with Crippen molar-refractivity contribution < 1.29 is 9.53 Å². The van der Waals surface area contributed by atoms with Gasteiger partial charge in [0.2, 0.25) is 0 Å². The van der Waals surface area contributed by atoms with Crippen LogP contribution < -0.4 is 11.1 Å². The molecule has 0 bridgehead atoms. The molecule has 1 saturated heterocycles. The van der Waals surface area contributed by atoms with E-state index in [0.29, 0.717) is 29.4 Å². The topological polar surface area (TPSA) is 115 Å². The number of ether oxygens (including phenoxy) is 1. The number of thiazole rings is 1. The van der Waals surface area contributed by atoms with E-state index in [1.165, 1.54) is 17.5 Å². The number of aliphatic imine (C=N–C) groups is 1. The molecule has 2 fully saturated rings. The van der Waals surface area contributed by atoms with Gasteiger partial charge in [0.25, 0.3) is 5.91 Å². The molecule has 1 amide bonds. The van der Waals surface area contributed by atoms with Crippen molar-refractivity contribution in [2.45, 2.75) is 30.7 Å². The minimum atomic E-state index is -0.549. The van der Waals surface area contributed by atoms with Crippen LogP contribution in [0.2, 0.25) is 0 Å². The van der Waals surface area contributed by atoms with Crippen molar-refractivity contribution in [2.75, 3.05) is 24.3 Å². The number of fused-ring (bicyclic) bond motifs is 1. The zero-order valence-electron chi connectivity index (χ0n) is 15.1. The number of carbonyl (C=O) groups is 1. The highest BCUT2D eigenvalue weighted by molar-refractivity contribution is 8.13. The third-order valence-electron chi connectivity index (χ3n) is 5.37. The lowest BCUT2D eigenvalue weighted by Gasteiger charge is -2.41. The van der Waals surface area contributed by atoms with Crippen molar-refractivity contribution in [3.05, 3.63) is 34.2 Å². The van der Waals surface area contributed by atoms with Gasteiger partial charge in [-0.15, -0.1) is 11.3 Å². The molecule has 2 aromatic heterocycles. The molecule has 2 unspecified atom stereocenters. The van der Waals surface area contributed by atoms with Gasteiger partial charge in [0.1, 0.15) is 22.1 Å². The Labute approximate surface area is 170 Å². The fraction of sp³-hybridized carbons (Fsp3) is 0.500. The zero-order chi connectivity index (χ0) is 19.1. The first-order chi connectivity index (χ1) is 13.6. The first kappa shape index (κ1) is 18.0. The highest BCUT2D eigenvalue weighted by Gasteiger charge is 2.47. The average molecular weight is 417 g/mol. The molecular formula is C18H20N6O2S2. The number of carbonyl (C=O) groups excluding carboxylic acids is 1. The Morgan fingerprint density at radius 2 is 2.18 bits per heavy atom. The monoisotopic (exact) mass is 416 g/mol. The second kappa shape index (κ2) is 7.09. The molecule has 146 valence electrons. The highest BCUT2D eigenvalue weighted by atomic mass is 32.2. The molecule has 3 N–H and O–H groups in total. The lowest BCUT2D eigenvalue weighted by atomic mass is 9.82. The van der Waals surface area contributed by atoms with E-state index in [-0.39, 0.29) is 11.6 Å². The third kappa shape index (κ3) is 3.29. The molecule has 0 spiro atoms. The van der Waals surface area contributed by atoms with E-state index >= 15 is 0 Å². The van der Waals surface area contributed by atoms with E-state index in [0.717, 1.165) is 42.3 Å². The molecule has 2 aliphatic heterocycles. The van der Waals surface area contributed by atoms with Crippen molar-refractivity contribution >= 4 is 40.0 Å². The Kier molecular flexibility index (Phi) is 4.56. The fourth-order valence-corrected chi connectivity index (χ4v) is 5.61. The first-order valence-electron chi connectivity index (χ1n) is 9.29. The maximum atomic E-state index is 12.5. The maximum Gasteiger partial charge on any atom is 0.277 e. The van der Waals surface area contributed by atoms with Crippen LogP contribution in [0.25, 0.3) is 0 Å². The number of nitrogens with one attached hydrogen (secondary N) is 1. The SMILES string of the molecule is NC1=NC2(c3nc(NC(=O)c4cnc(C5CC5)cn4)cs3)COCCC2CS1. The number of hydrogen-bond acceptors (Lipinski definition) is 9. The van der Waals surface area contributed by atoms with Gasteiger partial charge < -0.3 is 15.8 Å². The average Bonchev–Trinajstić information content (AvgIpc) is 3.46. The number of hydrogen-bond donors (Lipinski definition) is 2. The Morgan fingerprint density at radius 3 is 2.96 bits per heavy atom. The predicted octanol–water partition coefficient (Wildman–Crippen LogP) is 2.36. The quantitative estimate of drug-likeness (QED) is 0.786. The summed E-state index contributed by atoms with van der Waals surface area (Å²) in [6, 6.07) is 0. The normalized spacial score (nSPS) is 27.0. The van der Waals surface area contributed by atoms with Gasteiger partial charge in [0.05, 0.1) is 18.5 Å². The van der Waals surface area contributed by atoms with Crippen LogP contribution in [-0.4, -0.2) is 45.0 Å². The lowest BCUT2D eigenvalue weighted by molar-refractivity contribution is 0.00448. The Hall–Kier alpha value is -2.04. The van der Waals surface area contributed by atoms with Crippen molar-refractivity contribution in [3.63, 3.8) is 0 Å². The van der Waals surface area contributed by atoms with Crippen molar-refractivity contribution in [1.82, 2.24) is 15.0 Å². The van der Waals surface area contributed by atoms with Gasteiger partial charge in [-0.1, -0.05) is 11.8 Å². The molecule has 2 atom stereocenters. The molecule has 0 aromatic carbocycles. The number of amidine groups is 1. The van der Waals surface area contributed by atoms with E-state index in [9.17, 15) is 4.79 Å². The van der Waals surface area contributed by atoms with Crippen molar-refractivity contribution in [3.8, 4) is 0 Å². The van der Waals surface area contributed by atoms with Crippen LogP contribution in [0.15, 0.2) is 22.8 Å². The van der Waals surface area contributed by atoms with Gasteiger partial charge in [-0.05, 0) is 19.3 Å². The highest BCUT2D eigenvalue weighted by Crippen LogP contribution is 2.45. The standard InChI is InChI=1S/C18H20N6O2S2/c19-17-24-18(9-26-4-3-11(18)7-28-17)16-23-14(8-27-16)22-15(25)13-6-20-12(5-21-13)10-1-2-10/h5-6,8,10-11H,1-4,7,9H2,(H2,19,24)(H,22,25). The van der Waals surface area contributed by atoms with Crippen LogP contribution in [0.3, 0.4) is 0 Å². The van der Waals surface area contributed by atoms with Crippen LogP contribution in [-0.2, 0) is 10.3 Å². The van der Waals surface area contributed by atoms with Crippen LogP contribution in [0.4, 0.5) is 5.82 Å². The number of rotatable bonds is 4. The smallest absolute Gasteiger partial charge is 0.277 e. The van der Waals surface area contributed by atoms with Crippen molar-refractivity contribution in [1.29, 1.82) is 0 Å². The molecule has 8 nitrogen and oxygen atoms in total. The molecule has 1 aliphatic carbocycles. The van der Waals surface area contributed by atoms with Gasteiger partial charge in [-0.3, -0.25) is 9.78 Å². The largest absolute Gasteiger partial charge is 0.379 e. The Bertz CT molecular complexity index is 926. The van der Waals surface area contributed by atoms with E-state index in [1.807, 2.05) is 5.38 Å². The first-order valence-corrected chi connectivity index (χ1v) is 11.2. The second-order valence-electron chi connectivity index (χ2n) is 7.32. The summed E-state index contributed by atoms with van der Waals surface area (Å²) < 4.78 is 5.73. The molecule has 5 rings (SSSR count). The van der Waals surface area contributed by atoms with Gasteiger partial charge in [0.15, 0.2) is 5.17 Å². The summed E-state index contributed by atoms with van der Waals surface area (Å²) >= 11 is 3.06. The number of aromatic nitrogens is 3. The van der Waals surface area contributed by atoms with Gasteiger partial charge in [-0.2, -0.15) is 0 Å². The minimum absolute atomic E-state index is 0.285. The van der Waals surface area contributed by atoms with Gasteiger partial charge in [-0.25, -0.2) is 15.0 Å². The van der Waals surface area contributed by atoms with E-state index in [4.69, 9.17) is 15.5 Å². The number of nitrogens with two attached hydrogens (primary N) is 1. The van der Waals surface area contributed by atoms with Crippen molar-refractivity contribution in [2.24, 2.45) is 16.6 Å². The molecule has 2 aromatic rings. The summed E-state index contributed by atoms with van der Waals surface area (Å²) in [6.07, 6.45) is 6.45. The van der Waals surface area contributed by atoms with E-state index in [1.54, 1.807) is 18.0 Å². The summed E-state index contributed by atoms with van der Waals surface area (Å²) in [5.74, 6) is 1.92. The molecule has 28 heavy (non-hydrogen) atoms. The summed E-state index contributed by atoms with van der Waals surface area (Å²) in [4.78, 5) is 30.5. The minimum Gasteiger partial charge on any atom is -0.379 e. The van der Waals surface area contributed by atoms with E-state index in [2.05, 4.69) is 20.3 Å². The van der Waals surface area contributed by atoms with E-state index < -0.39 is 5.54 Å². The van der Waals surface area contributed by atoms with Gasteiger partial charge >= 0.3 is 0 Å². The lowest BCUT2D eigenvalue weighted by Crippen LogP contribution is -2.47. The molecule has 0 radical (unpaired) electrons. The Balaban J connectivity index is 1.35. The van der Waals surface area contributed by atoms with Gasteiger partial charge in [0, 0.05) is 35.8 Å². The summed E-state index contributed by atoms with van der Waals surface area (Å²) in [5, 5.41) is 6.03. The molecule has 10 heteroatoms. The predicted molar refractivity (Wildman–Crippen MR) is 109 cm³/mol. The fourth-order valence-electron chi connectivity index (χ4n) is 3.61. The van der Waals surface area contributed by atoms with Crippen LogP contribution in [0.5, 0.6) is 0 Å². The number of thioether (sulfide) groups is 1. The molecular weight excluding hydrogens is 396 g/mol. The number of nitrogens with zero attached hydrogens (tertiary/aromatic N) is 4. The summed E-state index contributed by atoms with van der Waals surface area (Å²) in [7, 11) is 0.